The minimum Gasteiger partial charge on any atom is -0.493 e. The summed E-state index contributed by atoms with van der Waals surface area (Å²) < 4.78 is 6.26. The van der Waals surface area contributed by atoms with Gasteiger partial charge in [0.05, 0.1) is 12.2 Å². The zero-order chi connectivity index (χ0) is 41.8. The fourth-order valence-electron chi connectivity index (χ4n) is 8.16. The largest absolute Gasteiger partial charge is 0.493 e. The molecule has 2 N–H and O–H groups in total. The van der Waals surface area contributed by atoms with Crippen LogP contribution in [0.1, 0.15) is 292 Å². The summed E-state index contributed by atoms with van der Waals surface area (Å²) in [6, 6.07) is 5.37. The smallest absolute Gasteiger partial charge is 0.255 e. The first-order valence-corrected chi connectivity index (χ1v) is 26.0. The SMILES string of the molecule is CCCCCCCCCCCCCCCCCOc1cc(C(=O)NCCCCCCCCCCCCCC)ccc1C(=O)NCCCCCCCCCCCCCC. The maximum absolute atomic E-state index is 13.3. The van der Waals surface area contributed by atoms with Crippen molar-refractivity contribution in [3.05, 3.63) is 29.3 Å². The van der Waals surface area contributed by atoms with Crippen LogP contribution in [0.5, 0.6) is 5.75 Å². The molecule has 0 spiro atoms. The lowest BCUT2D eigenvalue weighted by Crippen LogP contribution is -2.26. The van der Waals surface area contributed by atoms with Crippen LogP contribution in [-0.4, -0.2) is 31.5 Å². The van der Waals surface area contributed by atoms with Gasteiger partial charge < -0.3 is 15.4 Å². The van der Waals surface area contributed by atoms with E-state index in [1.165, 1.54) is 212 Å². The van der Waals surface area contributed by atoms with Gasteiger partial charge in [0.1, 0.15) is 5.75 Å². The first-order valence-electron chi connectivity index (χ1n) is 26.0. The molecule has 5 heteroatoms. The van der Waals surface area contributed by atoms with E-state index in [0.29, 0.717) is 36.6 Å². The molecule has 0 aliphatic carbocycles. The van der Waals surface area contributed by atoms with Gasteiger partial charge in [-0.25, -0.2) is 0 Å². The summed E-state index contributed by atoms with van der Waals surface area (Å²) in [5.41, 5.74) is 1.11. The predicted molar refractivity (Wildman–Crippen MR) is 254 cm³/mol. The third kappa shape index (κ3) is 33.8. The molecule has 0 bridgehead atoms. The van der Waals surface area contributed by atoms with Gasteiger partial charge in [0, 0.05) is 18.7 Å². The van der Waals surface area contributed by atoms with Gasteiger partial charge in [-0.2, -0.15) is 0 Å². The number of unbranched alkanes of at least 4 members (excludes halogenated alkanes) is 36. The molecule has 1 rings (SSSR count). The van der Waals surface area contributed by atoms with Crippen LogP contribution >= 0.6 is 0 Å². The summed E-state index contributed by atoms with van der Waals surface area (Å²) in [7, 11) is 0. The normalized spacial score (nSPS) is 11.3. The lowest BCUT2D eigenvalue weighted by Gasteiger charge is -2.14. The third-order valence-electron chi connectivity index (χ3n) is 12.1. The molecule has 338 valence electrons. The Morgan fingerprint density at radius 3 is 1.02 bits per heavy atom. The Morgan fingerprint density at radius 1 is 0.379 bits per heavy atom. The van der Waals surface area contributed by atoms with Crippen LogP contribution < -0.4 is 15.4 Å². The van der Waals surface area contributed by atoms with E-state index in [1.807, 2.05) is 0 Å². The molecule has 0 heterocycles. The Bertz CT molecular complexity index is 1040. The van der Waals surface area contributed by atoms with Crippen molar-refractivity contribution in [2.75, 3.05) is 19.7 Å². The number of hydrogen-bond donors (Lipinski definition) is 2. The molecule has 5 nitrogen and oxygen atoms in total. The second-order valence-corrected chi connectivity index (χ2v) is 17.8. The van der Waals surface area contributed by atoms with Crippen LogP contribution in [-0.2, 0) is 0 Å². The Kier molecular flexibility index (Phi) is 40.1. The van der Waals surface area contributed by atoms with Crippen LogP contribution in [0.2, 0.25) is 0 Å². The van der Waals surface area contributed by atoms with Gasteiger partial charge in [0.25, 0.3) is 11.8 Å². The summed E-state index contributed by atoms with van der Waals surface area (Å²) in [6.45, 7) is 8.78. The van der Waals surface area contributed by atoms with Crippen LogP contribution in [0.4, 0.5) is 0 Å². The van der Waals surface area contributed by atoms with Crippen molar-refractivity contribution >= 4 is 11.8 Å². The molecule has 0 radical (unpaired) electrons. The maximum Gasteiger partial charge on any atom is 0.255 e. The topological polar surface area (TPSA) is 67.4 Å². The molecule has 0 atom stereocenters. The van der Waals surface area contributed by atoms with E-state index in [0.717, 1.165) is 38.5 Å². The van der Waals surface area contributed by atoms with Crippen molar-refractivity contribution in [3.63, 3.8) is 0 Å². The van der Waals surface area contributed by atoms with E-state index in [-0.39, 0.29) is 11.8 Å². The summed E-state index contributed by atoms with van der Waals surface area (Å²) in [4.78, 5) is 26.5. The van der Waals surface area contributed by atoms with Gasteiger partial charge in [0.15, 0.2) is 0 Å². The minimum atomic E-state index is -0.0991. The molecule has 0 aromatic heterocycles. The summed E-state index contributed by atoms with van der Waals surface area (Å²) in [5.74, 6) is 0.358. The Balaban J connectivity index is 2.42. The van der Waals surface area contributed by atoms with Crippen LogP contribution in [0.15, 0.2) is 18.2 Å². The van der Waals surface area contributed by atoms with Gasteiger partial charge in [-0.1, -0.05) is 252 Å². The predicted octanol–water partition coefficient (Wildman–Crippen LogP) is 16.8. The average molecular weight is 811 g/mol. The number of carbonyl (C=O) groups is 2. The summed E-state index contributed by atoms with van der Waals surface area (Å²) >= 11 is 0. The van der Waals surface area contributed by atoms with Gasteiger partial charge >= 0.3 is 0 Å². The van der Waals surface area contributed by atoms with Gasteiger partial charge in [0.2, 0.25) is 0 Å². The summed E-state index contributed by atoms with van der Waals surface area (Å²) in [5, 5.41) is 6.26. The zero-order valence-corrected chi connectivity index (χ0v) is 39.2. The molecule has 58 heavy (non-hydrogen) atoms. The van der Waals surface area contributed by atoms with E-state index in [9.17, 15) is 9.59 Å². The van der Waals surface area contributed by atoms with Crippen molar-refractivity contribution in [2.45, 2.75) is 271 Å². The highest BCUT2D eigenvalue weighted by Crippen LogP contribution is 2.22. The Morgan fingerprint density at radius 2 is 0.672 bits per heavy atom. The number of rotatable bonds is 45. The van der Waals surface area contributed by atoms with Crippen molar-refractivity contribution < 1.29 is 14.3 Å². The molecule has 1 aromatic carbocycles. The highest BCUT2D eigenvalue weighted by Gasteiger charge is 2.16. The average Bonchev–Trinajstić information content (AvgIpc) is 3.23. The molecular weight excluding hydrogens is 713 g/mol. The second kappa shape index (κ2) is 43.1. The molecule has 0 aliphatic heterocycles. The van der Waals surface area contributed by atoms with E-state index >= 15 is 0 Å². The lowest BCUT2D eigenvalue weighted by molar-refractivity contribution is 0.0937. The van der Waals surface area contributed by atoms with Gasteiger partial charge in [-0.3, -0.25) is 9.59 Å². The van der Waals surface area contributed by atoms with Crippen LogP contribution in [0.3, 0.4) is 0 Å². The van der Waals surface area contributed by atoms with E-state index in [4.69, 9.17) is 4.74 Å². The van der Waals surface area contributed by atoms with Crippen molar-refractivity contribution in [1.29, 1.82) is 0 Å². The number of ether oxygens (including phenoxy) is 1. The molecule has 0 saturated heterocycles. The zero-order valence-electron chi connectivity index (χ0n) is 39.2. The quantitative estimate of drug-likeness (QED) is 0.0645. The Labute approximate surface area is 361 Å². The first kappa shape index (κ1) is 54.0. The van der Waals surface area contributed by atoms with Crippen LogP contribution in [0.25, 0.3) is 0 Å². The molecule has 0 saturated carbocycles. The fourth-order valence-corrected chi connectivity index (χ4v) is 8.16. The number of carbonyl (C=O) groups excluding carboxylic acids is 2. The first-order chi connectivity index (χ1) is 28.6. The third-order valence-corrected chi connectivity index (χ3v) is 12.1. The van der Waals surface area contributed by atoms with E-state index < -0.39 is 0 Å². The molecular formula is C53H98N2O3. The molecule has 0 unspecified atom stereocenters. The van der Waals surface area contributed by atoms with Gasteiger partial charge in [-0.05, 0) is 37.5 Å². The molecule has 2 amide bonds. The number of hydrogen-bond acceptors (Lipinski definition) is 3. The number of amides is 2. The highest BCUT2D eigenvalue weighted by molar-refractivity contribution is 6.00. The standard InChI is InChI=1S/C53H98N2O3/c1-4-7-10-13-16-19-22-25-26-27-30-33-36-39-42-47-58-51-48-49(52(56)54-45-40-37-34-31-28-23-20-17-14-11-8-5-2)43-44-50(51)53(57)55-46-41-38-35-32-29-24-21-18-15-12-9-6-3/h43-44,48H,4-42,45-47H2,1-3H3,(H,54,56)(H,55,57). The maximum atomic E-state index is 13.3. The van der Waals surface area contributed by atoms with Gasteiger partial charge in [-0.15, -0.1) is 0 Å². The monoisotopic (exact) mass is 811 g/mol. The van der Waals surface area contributed by atoms with E-state index in [1.54, 1.807) is 18.2 Å². The van der Waals surface area contributed by atoms with Crippen LogP contribution in [0, 0.1) is 0 Å². The number of benzene rings is 1. The molecule has 0 fully saturated rings. The van der Waals surface area contributed by atoms with Crippen molar-refractivity contribution in [3.8, 4) is 5.75 Å². The van der Waals surface area contributed by atoms with E-state index in [2.05, 4.69) is 31.4 Å². The summed E-state index contributed by atoms with van der Waals surface area (Å²) in [6.07, 6.45) is 51.2. The second-order valence-electron chi connectivity index (χ2n) is 17.8. The highest BCUT2D eigenvalue weighted by atomic mass is 16.5. The molecule has 1 aromatic rings. The van der Waals surface area contributed by atoms with Crippen molar-refractivity contribution in [2.24, 2.45) is 0 Å². The number of nitrogens with one attached hydrogen (secondary N) is 2. The van der Waals surface area contributed by atoms with Crippen molar-refractivity contribution in [1.82, 2.24) is 10.6 Å². The fraction of sp³-hybridized carbons (Fsp3) is 0.849. The Hall–Kier alpha value is -2.04. The lowest BCUT2D eigenvalue weighted by atomic mass is 10.0. The minimum absolute atomic E-state index is 0.0802. The molecule has 0 aliphatic rings.